The molecule has 0 radical (unpaired) electrons. The lowest BCUT2D eigenvalue weighted by Gasteiger charge is -2.09. The number of hydrogen-bond donors (Lipinski definition) is 2. The molecule has 0 aliphatic rings. The lowest BCUT2D eigenvalue weighted by molar-refractivity contribution is 0.583. The third-order valence-corrected chi connectivity index (χ3v) is 5.10. The van der Waals surface area contributed by atoms with Crippen molar-refractivity contribution in [2.75, 3.05) is 12.3 Å². The van der Waals surface area contributed by atoms with Gasteiger partial charge in [-0.15, -0.1) is 0 Å². The van der Waals surface area contributed by atoms with Gasteiger partial charge >= 0.3 is 0 Å². The van der Waals surface area contributed by atoms with E-state index in [-0.39, 0.29) is 4.90 Å². The summed E-state index contributed by atoms with van der Waals surface area (Å²) in [7, 11) is -3.51. The minimum atomic E-state index is -3.51. The number of aromatic nitrogens is 2. The van der Waals surface area contributed by atoms with E-state index < -0.39 is 10.0 Å². The van der Waals surface area contributed by atoms with E-state index in [1.807, 2.05) is 6.92 Å². The summed E-state index contributed by atoms with van der Waals surface area (Å²) in [6.45, 7) is 3.95. The maximum Gasteiger partial charge on any atom is 0.240 e. The van der Waals surface area contributed by atoms with Crippen LogP contribution in [-0.4, -0.2) is 24.9 Å². The summed E-state index contributed by atoms with van der Waals surface area (Å²) in [5.41, 5.74) is 7.33. The van der Waals surface area contributed by atoms with Crippen molar-refractivity contribution in [1.29, 1.82) is 0 Å². The molecule has 0 saturated carbocycles. The van der Waals surface area contributed by atoms with E-state index in [0.29, 0.717) is 22.3 Å². The van der Waals surface area contributed by atoms with Crippen molar-refractivity contribution in [3.05, 3.63) is 36.2 Å². The van der Waals surface area contributed by atoms with Gasteiger partial charge in [-0.05, 0) is 42.4 Å². The molecular formula is C13H16N4O2S2. The van der Waals surface area contributed by atoms with Crippen LogP contribution >= 0.6 is 11.8 Å². The molecule has 1 heterocycles. The average molecular weight is 324 g/mol. The Labute approximate surface area is 128 Å². The fraction of sp³-hybridized carbons (Fsp3) is 0.231. The average Bonchev–Trinajstić information content (AvgIpc) is 2.43. The first-order valence-electron chi connectivity index (χ1n) is 6.28. The molecule has 112 valence electrons. The second-order valence-electron chi connectivity index (χ2n) is 4.35. The molecule has 0 atom stereocenters. The minimum absolute atomic E-state index is 0.174. The summed E-state index contributed by atoms with van der Waals surface area (Å²) in [5, 5.41) is 0.519. The van der Waals surface area contributed by atoms with Crippen LogP contribution in [-0.2, 0) is 10.0 Å². The summed E-state index contributed by atoms with van der Waals surface area (Å²) < 4.78 is 26.4. The highest BCUT2D eigenvalue weighted by Gasteiger charge is 2.15. The van der Waals surface area contributed by atoms with E-state index in [4.69, 9.17) is 5.73 Å². The minimum Gasteiger partial charge on any atom is -0.398 e. The fourth-order valence-corrected chi connectivity index (χ4v) is 3.50. The topological polar surface area (TPSA) is 98.0 Å². The van der Waals surface area contributed by atoms with Gasteiger partial charge in [0, 0.05) is 29.5 Å². The fourth-order valence-electron chi connectivity index (χ4n) is 1.58. The van der Waals surface area contributed by atoms with E-state index in [9.17, 15) is 8.42 Å². The van der Waals surface area contributed by atoms with Gasteiger partial charge in [0.15, 0.2) is 5.16 Å². The molecule has 0 aliphatic carbocycles. The Morgan fingerprint density at radius 1 is 1.29 bits per heavy atom. The number of hydrogen-bond acceptors (Lipinski definition) is 6. The SMILES string of the molecule is CCNS(=O)(=O)c1ccc(N)c(Sc2ncc(C)cn2)c1. The lowest BCUT2D eigenvalue weighted by atomic mass is 10.3. The van der Waals surface area contributed by atoms with Crippen LogP contribution in [0, 0.1) is 6.92 Å². The molecule has 0 amide bonds. The van der Waals surface area contributed by atoms with E-state index in [1.54, 1.807) is 25.4 Å². The van der Waals surface area contributed by atoms with Gasteiger partial charge < -0.3 is 5.73 Å². The molecule has 2 rings (SSSR count). The van der Waals surface area contributed by atoms with Crippen molar-refractivity contribution >= 4 is 27.5 Å². The van der Waals surface area contributed by atoms with E-state index in [2.05, 4.69) is 14.7 Å². The number of nitrogens with zero attached hydrogens (tertiary/aromatic N) is 2. The van der Waals surface area contributed by atoms with Crippen LogP contribution in [0.4, 0.5) is 5.69 Å². The van der Waals surface area contributed by atoms with Gasteiger partial charge in [-0.25, -0.2) is 23.1 Å². The lowest BCUT2D eigenvalue weighted by Crippen LogP contribution is -2.23. The quantitative estimate of drug-likeness (QED) is 0.643. The Morgan fingerprint density at radius 3 is 2.57 bits per heavy atom. The molecule has 0 saturated heterocycles. The van der Waals surface area contributed by atoms with Crippen LogP contribution in [0.15, 0.2) is 45.5 Å². The molecule has 1 aromatic heterocycles. The zero-order valence-electron chi connectivity index (χ0n) is 11.7. The molecule has 0 unspecified atom stereocenters. The van der Waals surface area contributed by atoms with Crippen molar-refractivity contribution in [2.45, 2.75) is 28.8 Å². The molecule has 21 heavy (non-hydrogen) atoms. The highest BCUT2D eigenvalue weighted by Crippen LogP contribution is 2.31. The van der Waals surface area contributed by atoms with Gasteiger partial charge in [-0.3, -0.25) is 0 Å². The van der Waals surface area contributed by atoms with Gasteiger partial charge in [-0.1, -0.05) is 6.92 Å². The second kappa shape index (κ2) is 6.42. The largest absolute Gasteiger partial charge is 0.398 e. The van der Waals surface area contributed by atoms with Gasteiger partial charge in [-0.2, -0.15) is 0 Å². The molecule has 6 nitrogen and oxygen atoms in total. The van der Waals surface area contributed by atoms with Gasteiger partial charge in [0.1, 0.15) is 0 Å². The van der Waals surface area contributed by atoms with Crippen molar-refractivity contribution in [3.63, 3.8) is 0 Å². The van der Waals surface area contributed by atoms with Crippen LogP contribution in [0.2, 0.25) is 0 Å². The summed E-state index contributed by atoms with van der Waals surface area (Å²) in [6.07, 6.45) is 3.40. The molecule has 2 aromatic rings. The molecule has 1 aromatic carbocycles. The molecule has 3 N–H and O–H groups in total. The molecule has 0 bridgehead atoms. The third kappa shape index (κ3) is 3.93. The molecule has 0 fully saturated rings. The summed E-state index contributed by atoms with van der Waals surface area (Å²) in [5.74, 6) is 0. The van der Waals surface area contributed by atoms with Crippen molar-refractivity contribution in [3.8, 4) is 0 Å². The van der Waals surface area contributed by atoms with Crippen molar-refractivity contribution < 1.29 is 8.42 Å². The van der Waals surface area contributed by atoms with Crippen LogP contribution < -0.4 is 10.5 Å². The van der Waals surface area contributed by atoms with Crippen molar-refractivity contribution in [2.24, 2.45) is 0 Å². The Morgan fingerprint density at radius 2 is 1.95 bits per heavy atom. The summed E-state index contributed by atoms with van der Waals surface area (Å²) >= 11 is 1.23. The van der Waals surface area contributed by atoms with Gasteiger partial charge in [0.2, 0.25) is 10.0 Å². The summed E-state index contributed by atoms with van der Waals surface area (Å²) in [4.78, 5) is 9.13. The number of sulfonamides is 1. The first-order chi connectivity index (χ1) is 9.92. The van der Waals surface area contributed by atoms with Crippen LogP contribution in [0.1, 0.15) is 12.5 Å². The van der Waals surface area contributed by atoms with E-state index in [1.165, 1.54) is 23.9 Å². The van der Waals surface area contributed by atoms with E-state index in [0.717, 1.165) is 5.56 Å². The highest BCUT2D eigenvalue weighted by molar-refractivity contribution is 7.99. The Balaban J connectivity index is 2.33. The molecule has 8 heteroatoms. The van der Waals surface area contributed by atoms with Crippen LogP contribution in [0.3, 0.4) is 0 Å². The maximum absolute atomic E-state index is 12.0. The zero-order valence-corrected chi connectivity index (χ0v) is 13.3. The number of aryl methyl sites for hydroxylation is 1. The van der Waals surface area contributed by atoms with E-state index >= 15 is 0 Å². The Hall–Kier alpha value is -1.64. The number of rotatable bonds is 5. The number of anilines is 1. The Bertz CT molecular complexity index is 730. The van der Waals surface area contributed by atoms with Crippen LogP contribution in [0.5, 0.6) is 0 Å². The predicted molar refractivity (Wildman–Crippen MR) is 82.6 cm³/mol. The van der Waals surface area contributed by atoms with Crippen LogP contribution in [0.25, 0.3) is 0 Å². The number of benzene rings is 1. The summed E-state index contributed by atoms with van der Waals surface area (Å²) in [6, 6.07) is 4.58. The number of nitrogens with two attached hydrogens (primary N) is 1. The van der Waals surface area contributed by atoms with Gasteiger partial charge in [0.05, 0.1) is 4.90 Å². The molecular weight excluding hydrogens is 308 g/mol. The normalized spacial score (nSPS) is 11.5. The predicted octanol–water partition coefficient (Wildman–Crippen LogP) is 1.82. The number of nitrogens with one attached hydrogen (secondary N) is 1. The smallest absolute Gasteiger partial charge is 0.240 e. The zero-order chi connectivity index (χ0) is 15.5. The first-order valence-corrected chi connectivity index (χ1v) is 8.58. The van der Waals surface area contributed by atoms with Crippen molar-refractivity contribution in [1.82, 2.24) is 14.7 Å². The standard InChI is InChI=1S/C13H16N4O2S2/c1-3-17-21(18,19)10-4-5-11(14)12(6-10)20-13-15-7-9(2)8-16-13/h4-8,17H,3,14H2,1-2H3. The monoisotopic (exact) mass is 324 g/mol. The third-order valence-electron chi connectivity index (χ3n) is 2.59. The second-order valence-corrected chi connectivity index (χ2v) is 7.12. The highest BCUT2D eigenvalue weighted by atomic mass is 32.2. The van der Waals surface area contributed by atoms with Gasteiger partial charge in [0.25, 0.3) is 0 Å². The molecule has 0 spiro atoms. The maximum atomic E-state index is 12.0. The number of nitrogen functional groups attached to an aromatic ring is 1. The molecule has 0 aliphatic heterocycles. The first kappa shape index (κ1) is 15.7. The Kier molecular flexibility index (Phi) is 4.81.